The van der Waals surface area contributed by atoms with Gasteiger partial charge in [-0.3, -0.25) is 23.7 Å². The first-order chi connectivity index (χ1) is 22.3. The van der Waals surface area contributed by atoms with E-state index in [0.717, 1.165) is 42.7 Å². The molecule has 15 heteroatoms. The first kappa shape index (κ1) is 36.0. The SMILES string of the molecule is Cn1ccc(C2CN(C=O)CC2C#N)cc1=O.NC(=O)c1cc2cc(C(F)P(=O)(O)O)ccc2s1.O=C1CCCCC[C@H]2CCCN12. The Labute approximate surface area is 275 Å². The van der Waals surface area contributed by atoms with E-state index in [1.54, 1.807) is 24.2 Å². The fraction of sp³-hybridized carbons (Fsp3) is 0.469. The molecule has 4 N–H and O–H groups in total. The van der Waals surface area contributed by atoms with Crippen molar-refractivity contribution < 1.29 is 33.1 Å². The van der Waals surface area contributed by atoms with Gasteiger partial charge >= 0.3 is 7.60 Å². The van der Waals surface area contributed by atoms with Crippen molar-refractivity contribution in [2.24, 2.45) is 18.7 Å². The molecule has 3 saturated heterocycles. The van der Waals surface area contributed by atoms with Gasteiger partial charge in [-0.25, -0.2) is 4.39 Å². The quantitative estimate of drug-likeness (QED) is 0.263. The van der Waals surface area contributed by atoms with Crippen LogP contribution in [0.3, 0.4) is 0 Å². The lowest BCUT2D eigenvalue weighted by atomic mass is 9.91. The van der Waals surface area contributed by atoms with E-state index in [1.165, 1.54) is 60.9 Å². The van der Waals surface area contributed by atoms with Crippen molar-refractivity contribution in [3.63, 3.8) is 0 Å². The molecule has 0 radical (unpaired) electrons. The van der Waals surface area contributed by atoms with Crippen molar-refractivity contribution in [3.8, 4) is 6.07 Å². The van der Waals surface area contributed by atoms with Crippen LogP contribution in [0.4, 0.5) is 4.39 Å². The fourth-order valence-corrected chi connectivity index (χ4v) is 7.59. The molecule has 2 aromatic heterocycles. The highest BCUT2D eigenvalue weighted by Gasteiger charge is 2.34. The zero-order chi connectivity index (χ0) is 34.3. The number of carbonyl (C=O) groups excluding carboxylic acids is 3. The predicted molar refractivity (Wildman–Crippen MR) is 175 cm³/mol. The lowest BCUT2D eigenvalue weighted by Gasteiger charge is -2.26. The number of nitrogens with two attached hydrogens (primary N) is 1. The molecule has 4 atom stereocenters. The number of amides is 3. The first-order valence-corrected chi connectivity index (χ1v) is 17.9. The van der Waals surface area contributed by atoms with Gasteiger partial charge in [0.25, 0.3) is 11.5 Å². The van der Waals surface area contributed by atoms with Crippen LogP contribution in [0.25, 0.3) is 10.1 Å². The fourth-order valence-electron chi connectivity index (χ4n) is 6.15. The van der Waals surface area contributed by atoms with Gasteiger partial charge in [-0.15, -0.1) is 11.3 Å². The summed E-state index contributed by atoms with van der Waals surface area (Å²) in [6.45, 7) is 1.98. The molecule has 3 aliphatic rings. The van der Waals surface area contributed by atoms with Crippen LogP contribution in [-0.2, 0) is 21.2 Å². The zero-order valence-electron chi connectivity index (χ0n) is 26.0. The van der Waals surface area contributed by atoms with E-state index in [1.807, 2.05) is 6.07 Å². The maximum absolute atomic E-state index is 13.5. The van der Waals surface area contributed by atoms with Gasteiger partial charge in [-0.2, -0.15) is 5.26 Å². The molecule has 3 unspecified atom stereocenters. The second-order valence-electron chi connectivity index (χ2n) is 12.0. The Hall–Kier alpha value is -3.89. The number of fused-ring (bicyclic) bond motifs is 2. The molecule has 3 aliphatic heterocycles. The Kier molecular flexibility index (Phi) is 12.1. The molecule has 1 aromatic carbocycles. The number of hydrogen-bond acceptors (Lipinski definition) is 7. The van der Waals surface area contributed by atoms with E-state index < -0.39 is 19.4 Å². The highest BCUT2D eigenvalue weighted by molar-refractivity contribution is 7.51. The minimum Gasteiger partial charge on any atom is -0.365 e. The lowest BCUT2D eigenvalue weighted by Crippen LogP contribution is -2.36. The Bertz CT molecular complexity index is 1750. The number of primary amides is 1. The smallest absolute Gasteiger partial charge is 0.363 e. The Morgan fingerprint density at radius 2 is 1.87 bits per heavy atom. The summed E-state index contributed by atoms with van der Waals surface area (Å²) >= 11 is 1.14. The van der Waals surface area contributed by atoms with Crippen LogP contribution in [0.5, 0.6) is 0 Å². The third-order valence-electron chi connectivity index (χ3n) is 8.70. The molecule has 12 nitrogen and oxygen atoms in total. The van der Waals surface area contributed by atoms with Crippen LogP contribution in [0, 0.1) is 17.2 Å². The summed E-state index contributed by atoms with van der Waals surface area (Å²) in [7, 11) is -3.14. The number of carbonyl (C=O) groups is 3. The van der Waals surface area contributed by atoms with Crippen LogP contribution in [0.1, 0.15) is 77.6 Å². The van der Waals surface area contributed by atoms with Crippen LogP contribution < -0.4 is 11.3 Å². The molecule has 47 heavy (non-hydrogen) atoms. The molecule has 3 aromatic rings. The molecule has 0 spiro atoms. The second-order valence-corrected chi connectivity index (χ2v) is 14.7. The summed E-state index contributed by atoms with van der Waals surface area (Å²) < 4.78 is 26.5. The van der Waals surface area contributed by atoms with Crippen molar-refractivity contribution in [2.45, 2.75) is 62.8 Å². The normalized spacial score (nSPS) is 21.7. The van der Waals surface area contributed by atoms with E-state index in [-0.39, 0.29) is 23.0 Å². The molecule has 252 valence electrons. The summed E-state index contributed by atoms with van der Waals surface area (Å²) in [6.07, 6.45) is 10.7. The average molecular weight is 688 g/mol. The first-order valence-electron chi connectivity index (χ1n) is 15.4. The minimum atomic E-state index is -4.82. The van der Waals surface area contributed by atoms with Gasteiger partial charge in [0.15, 0.2) is 0 Å². The molecule has 6 rings (SSSR count). The number of aromatic nitrogens is 1. The van der Waals surface area contributed by atoms with Gasteiger partial charge in [-0.05, 0) is 66.5 Å². The van der Waals surface area contributed by atoms with Crippen LogP contribution in [0.15, 0.2) is 47.4 Å². The Morgan fingerprint density at radius 1 is 1.13 bits per heavy atom. The number of nitrogens with zero attached hydrogens (tertiary/aromatic N) is 4. The number of benzene rings is 1. The van der Waals surface area contributed by atoms with Gasteiger partial charge in [0.2, 0.25) is 18.2 Å². The van der Waals surface area contributed by atoms with E-state index >= 15 is 0 Å². The third-order valence-corrected chi connectivity index (χ3v) is 10.7. The van der Waals surface area contributed by atoms with E-state index in [9.17, 15) is 28.1 Å². The monoisotopic (exact) mass is 687 g/mol. The number of thiophene rings is 1. The zero-order valence-corrected chi connectivity index (χ0v) is 27.7. The molecule has 3 fully saturated rings. The number of alkyl halides is 1. The molecular weight excluding hydrogens is 648 g/mol. The van der Waals surface area contributed by atoms with E-state index in [0.29, 0.717) is 40.0 Å². The van der Waals surface area contributed by atoms with Crippen LogP contribution >= 0.6 is 18.9 Å². The highest BCUT2D eigenvalue weighted by Crippen LogP contribution is 2.53. The number of pyridine rings is 1. The molecular formula is C32H39FN5O7PS. The standard InChI is InChI=1S/C12H13N3O2.C10H9FNO4PS.C10H17NO/c1-14-3-2-9(4-12(14)17)11-7-15(8-16)6-10(11)5-13;11-9(17(14,15)16)5-1-2-7-6(3-5)4-8(18-7)10(12)13;12-10-7-3-1-2-5-9-6-4-8-11(9)10/h2-4,8,10-11H,6-7H2,1H3;1-4,9H,(H2,12,13)(H2,14,15,16);9H,1-8H2/t;;9-/m..0/s1. The van der Waals surface area contributed by atoms with Gasteiger partial charge in [-0.1, -0.05) is 18.9 Å². The van der Waals surface area contributed by atoms with Crippen LogP contribution in [0.2, 0.25) is 0 Å². The number of likely N-dealkylation sites (tertiary alicyclic amines) is 1. The molecule has 0 bridgehead atoms. The van der Waals surface area contributed by atoms with Crippen LogP contribution in [-0.4, -0.2) is 68.1 Å². The van der Waals surface area contributed by atoms with Gasteiger partial charge in [0, 0.05) is 62.0 Å². The predicted octanol–water partition coefficient (Wildman–Crippen LogP) is 4.17. The summed E-state index contributed by atoms with van der Waals surface area (Å²) in [6, 6.07) is 11.8. The molecule has 0 saturated carbocycles. The number of halogens is 1. The van der Waals surface area contributed by atoms with Crippen molar-refractivity contribution in [2.75, 3.05) is 19.6 Å². The summed E-state index contributed by atoms with van der Waals surface area (Å²) in [5.74, 6) is -2.83. The molecule has 5 heterocycles. The Morgan fingerprint density at radius 3 is 2.53 bits per heavy atom. The van der Waals surface area contributed by atoms with Crippen molar-refractivity contribution in [3.05, 3.63) is 69.0 Å². The largest absolute Gasteiger partial charge is 0.365 e. The van der Waals surface area contributed by atoms with Gasteiger partial charge in [0.1, 0.15) is 0 Å². The maximum Gasteiger partial charge on any atom is 0.363 e. The Balaban J connectivity index is 0.000000163. The number of hydrogen-bond donors (Lipinski definition) is 3. The van der Waals surface area contributed by atoms with E-state index in [4.69, 9.17) is 20.8 Å². The van der Waals surface area contributed by atoms with Crippen molar-refractivity contribution in [1.29, 1.82) is 5.26 Å². The molecule has 3 amide bonds. The van der Waals surface area contributed by atoms with E-state index in [2.05, 4.69) is 11.0 Å². The summed E-state index contributed by atoms with van der Waals surface area (Å²) in [4.78, 5) is 66.4. The average Bonchev–Trinajstić information content (AvgIpc) is 3.78. The third kappa shape index (κ3) is 9.14. The second kappa shape index (κ2) is 15.8. The van der Waals surface area contributed by atoms with Crippen molar-refractivity contribution >= 4 is 47.2 Å². The highest BCUT2D eigenvalue weighted by atomic mass is 32.1. The topological polar surface area (TPSA) is 187 Å². The van der Waals surface area contributed by atoms with Crippen molar-refractivity contribution in [1.82, 2.24) is 14.4 Å². The van der Waals surface area contributed by atoms with Gasteiger partial charge in [0.05, 0.1) is 16.9 Å². The number of rotatable bonds is 5. The molecule has 0 aliphatic carbocycles. The lowest BCUT2D eigenvalue weighted by molar-refractivity contribution is -0.132. The summed E-state index contributed by atoms with van der Waals surface area (Å²) in [5, 5.41) is 9.59. The maximum atomic E-state index is 13.5. The van der Waals surface area contributed by atoms with Gasteiger partial charge < -0.3 is 29.9 Å². The minimum absolute atomic E-state index is 0.0564. The summed E-state index contributed by atoms with van der Waals surface area (Å²) in [5.41, 5.74) is 5.74. The number of aryl methyl sites for hydroxylation is 1. The number of nitriles is 1.